The Labute approximate surface area is 122 Å². The first-order valence-electron chi connectivity index (χ1n) is 6.45. The molecule has 2 aromatic carbocycles. The van der Waals surface area contributed by atoms with Crippen molar-refractivity contribution in [2.45, 2.75) is 13.8 Å². The van der Waals surface area contributed by atoms with E-state index >= 15 is 0 Å². The highest BCUT2D eigenvalue weighted by Crippen LogP contribution is 2.28. The summed E-state index contributed by atoms with van der Waals surface area (Å²) >= 11 is 6.23. The molecule has 0 spiro atoms. The van der Waals surface area contributed by atoms with Gasteiger partial charge >= 0.3 is 0 Å². The van der Waals surface area contributed by atoms with E-state index in [0.29, 0.717) is 10.6 Å². The van der Waals surface area contributed by atoms with E-state index in [-0.39, 0.29) is 5.78 Å². The number of carbonyl (C=O) groups excluding carboxylic acids is 1. The first-order chi connectivity index (χ1) is 9.58. The van der Waals surface area contributed by atoms with Crippen LogP contribution in [-0.2, 0) is 0 Å². The molecule has 3 heteroatoms. The van der Waals surface area contributed by atoms with Crippen LogP contribution >= 0.6 is 11.6 Å². The summed E-state index contributed by atoms with van der Waals surface area (Å²) in [4.78, 5) is 15.8. The quantitative estimate of drug-likeness (QED) is 0.681. The lowest BCUT2D eigenvalue weighted by atomic mass is 9.97. The summed E-state index contributed by atoms with van der Waals surface area (Å²) in [7, 11) is 0. The Balaban J connectivity index is 2.18. The molecule has 0 atom stereocenters. The molecule has 0 aliphatic rings. The van der Waals surface area contributed by atoms with Crippen molar-refractivity contribution in [3.63, 3.8) is 0 Å². The minimum atomic E-state index is 0.00171. The fraction of sp³-hybridized carbons (Fsp3) is 0.118. The number of aryl methyl sites for hydroxylation is 2. The van der Waals surface area contributed by atoms with Gasteiger partial charge in [0.25, 0.3) is 0 Å². The second-order valence-electron chi connectivity index (χ2n) is 5.01. The number of rotatable bonds is 2. The first kappa shape index (κ1) is 12.9. The van der Waals surface area contributed by atoms with Gasteiger partial charge in [0, 0.05) is 28.2 Å². The second-order valence-corrected chi connectivity index (χ2v) is 5.42. The topological polar surface area (TPSA) is 32.9 Å². The number of fused-ring (bicyclic) bond motifs is 1. The molecule has 1 aromatic heterocycles. The molecule has 0 saturated carbocycles. The van der Waals surface area contributed by atoms with Crippen molar-refractivity contribution < 1.29 is 4.79 Å². The molecule has 0 bridgehead atoms. The van der Waals surface area contributed by atoms with Crippen LogP contribution in [0.1, 0.15) is 27.0 Å². The largest absolute Gasteiger partial charge is 0.360 e. The summed E-state index contributed by atoms with van der Waals surface area (Å²) in [6.07, 6.45) is 1.73. The molecule has 20 heavy (non-hydrogen) atoms. The van der Waals surface area contributed by atoms with Gasteiger partial charge in [0.1, 0.15) is 0 Å². The minimum absolute atomic E-state index is 0.00171. The van der Waals surface area contributed by atoms with Crippen molar-refractivity contribution in [3.05, 3.63) is 69.9 Å². The molecule has 0 unspecified atom stereocenters. The molecule has 0 aliphatic heterocycles. The predicted molar refractivity (Wildman–Crippen MR) is 82.7 cm³/mol. The van der Waals surface area contributed by atoms with Gasteiger partial charge in [-0.05, 0) is 31.5 Å². The molecule has 2 nitrogen and oxygen atoms in total. The third kappa shape index (κ3) is 2.02. The number of hydrogen-bond donors (Lipinski definition) is 1. The SMILES string of the molecule is Cc1ccc(C(=O)c2c[nH]c3cccc(Cl)c23)c(C)c1. The van der Waals surface area contributed by atoms with Gasteiger partial charge in [0.2, 0.25) is 0 Å². The predicted octanol–water partition coefficient (Wildman–Crippen LogP) is 4.67. The third-order valence-electron chi connectivity index (χ3n) is 3.53. The maximum atomic E-state index is 12.7. The number of H-pyrrole nitrogens is 1. The van der Waals surface area contributed by atoms with Gasteiger partial charge in [0.05, 0.1) is 5.02 Å². The molecule has 0 saturated heterocycles. The Morgan fingerprint density at radius 3 is 2.65 bits per heavy atom. The molecule has 3 rings (SSSR count). The Hall–Kier alpha value is -2.06. The third-order valence-corrected chi connectivity index (χ3v) is 3.84. The smallest absolute Gasteiger partial charge is 0.195 e. The maximum absolute atomic E-state index is 12.7. The Morgan fingerprint density at radius 1 is 1.10 bits per heavy atom. The molecular weight excluding hydrogens is 270 g/mol. The summed E-state index contributed by atoms with van der Waals surface area (Å²) in [6, 6.07) is 11.4. The van der Waals surface area contributed by atoms with Crippen LogP contribution in [0, 0.1) is 13.8 Å². The van der Waals surface area contributed by atoms with Gasteiger partial charge in [0.15, 0.2) is 5.78 Å². The number of benzene rings is 2. The summed E-state index contributed by atoms with van der Waals surface area (Å²) in [5, 5.41) is 1.39. The van der Waals surface area contributed by atoms with Crippen LogP contribution in [0.5, 0.6) is 0 Å². The highest BCUT2D eigenvalue weighted by molar-refractivity contribution is 6.37. The Bertz CT molecular complexity index is 817. The van der Waals surface area contributed by atoms with Gasteiger partial charge in [-0.2, -0.15) is 0 Å². The lowest BCUT2D eigenvalue weighted by molar-refractivity contribution is 0.104. The highest BCUT2D eigenvalue weighted by Gasteiger charge is 2.17. The zero-order chi connectivity index (χ0) is 14.3. The number of hydrogen-bond acceptors (Lipinski definition) is 1. The number of aromatic nitrogens is 1. The van der Waals surface area contributed by atoms with Gasteiger partial charge in [-0.15, -0.1) is 0 Å². The van der Waals surface area contributed by atoms with Crippen molar-refractivity contribution in [1.29, 1.82) is 0 Å². The maximum Gasteiger partial charge on any atom is 0.195 e. The van der Waals surface area contributed by atoms with Crippen molar-refractivity contribution >= 4 is 28.3 Å². The zero-order valence-electron chi connectivity index (χ0n) is 11.3. The van der Waals surface area contributed by atoms with Crippen LogP contribution in [0.3, 0.4) is 0 Å². The molecule has 0 radical (unpaired) electrons. The van der Waals surface area contributed by atoms with Crippen molar-refractivity contribution in [2.24, 2.45) is 0 Å². The van der Waals surface area contributed by atoms with E-state index in [2.05, 4.69) is 4.98 Å². The first-order valence-corrected chi connectivity index (χ1v) is 6.83. The van der Waals surface area contributed by atoms with E-state index < -0.39 is 0 Å². The summed E-state index contributed by atoms with van der Waals surface area (Å²) in [6.45, 7) is 3.97. The fourth-order valence-corrected chi connectivity index (χ4v) is 2.81. The van der Waals surface area contributed by atoms with Crippen LogP contribution in [0.4, 0.5) is 0 Å². The summed E-state index contributed by atoms with van der Waals surface area (Å²) < 4.78 is 0. The number of nitrogens with one attached hydrogen (secondary N) is 1. The van der Waals surface area contributed by atoms with Gasteiger partial charge in [-0.3, -0.25) is 4.79 Å². The van der Waals surface area contributed by atoms with Crippen molar-refractivity contribution in [2.75, 3.05) is 0 Å². The monoisotopic (exact) mass is 283 g/mol. The lowest BCUT2D eigenvalue weighted by Crippen LogP contribution is -2.03. The fourth-order valence-electron chi connectivity index (χ4n) is 2.53. The Morgan fingerprint density at radius 2 is 1.90 bits per heavy atom. The lowest BCUT2D eigenvalue weighted by Gasteiger charge is -2.06. The summed E-state index contributed by atoms with van der Waals surface area (Å²) in [5.74, 6) is 0.00171. The molecule has 1 N–H and O–H groups in total. The normalized spacial score (nSPS) is 10.9. The molecule has 0 amide bonds. The van der Waals surface area contributed by atoms with Crippen molar-refractivity contribution in [1.82, 2.24) is 4.98 Å². The molecule has 100 valence electrons. The van der Waals surface area contributed by atoms with E-state index in [1.807, 2.05) is 44.2 Å². The van der Waals surface area contributed by atoms with Crippen LogP contribution < -0.4 is 0 Å². The average molecular weight is 284 g/mol. The number of ketones is 1. The molecule has 1 heterocycles. The minimum Gasteiger partial charge on any atom is -0.360 e. The van der Waals surface area contributed by atoms with Gasteiger partial charge in [-0.1, -0.05) is 41.4 Å². The van der Waals surface area contributed by atoms with E-state index in [4.69, 9.17) is 11.6 Å². The average Bonchev–Trinajstić information content (AvgIpc) is 2.83. The molecule has 3 aromatic rings. The van der Waals surface area contributed by atoms with Crippen molar-refractivity contribution in [3.8, 4) is 0 Å². The number of carbonyl (C=O) groups is 1. The standard InChI is InChI=1S/C17H14ClNO/c1-10-6-7-12(11(2)8-10)17(20)13-9-19-15-5-3-4-14(18)16(13)15/h3-9,19H,1-2H3. The van der Waals surface area contributed by atoms with Crippen LogP contribution in [-0.4, -0.2) is 10.8 Å². The van der Waals surface area contributed by atoms with E-state index in [9.17, 15) is 4.79 Å². The number of halogens is 1. The summed E-state index contributed by atoms with van der Waals surface area (Å²) in [5.41, 5.74) is 4.35. The zero-order valence-corrected chi connectivity index (χ0v) is 12.1. The Kier molecular flexibility index (Phi) is 3.11. The van der Waals surface area contributed by atoms with E-state index in [1.54, 1.807) is 12.3 Å². The van der Waals surface area contributed by atoms with Crippen LogP contribution in [0.15, 0.2) is 42.6 Å². The van der Waals surface area contributed by atoms with Gasteiger partial charge < -0.3 is 4.98 Å². The highest BCUT2D eigenvalue weighted by atomic mass is 35.5. The van der Waals surface area contributed by atoms with Gasteiger partial charge in [-0.25, -0.2) is 0 Å². The molecule has 0 fully saturated rings. The second kappa shape index (κ2) is 4.80. The van der Waals surface area contributed by atoms with Crippen LogP contribution in [0.2, 0.25) is 5.02 Å². The van der Waals surface area contributed by atoms with Crippen LogP contribution in [0.25, 0.3) is 10.9 Å². The number of aromatic amines is 1. The van der Waals surface area contributed by atoms with E-state index in [0.717, 1.165) is 27.6 Å². The molecular formula is C17H14ClNO. The van der Waals surface area contributed by atoms with E-state index in [1.165, 1.54) is 0 Å². The molecule has 0 aliphatic carbocycles.